The molecule has 0 saturated heterocycles. The Morgan fingerprint density at radius 3 is 2.52 bits per heavy atom. The summed E-state index contributed by atoms with van der Waals surface area (Å²) in [4.78, 5) is 14.3. The zero-order valence-corrected chi connectivity index (χ0v) is 14.0. The molecular weight excluding hydrogens is 284 g/mol. The molecule has 118 valence electrons. The van der Waals surface area contributed by atoms with Gasteiger partial charge in [-0.05, 0) is 25.3 Å². The Hall–Kier alpha value is -1.06. The molecule has 2 N–H and O–H groups in total. The van der Waals surface area contributed by atoms with Gasteiger partial charge in [0.1, 0.15) is 0 Å². The molecule has 2 rings (SSSR count). The van der Waals surface area contributed by atoms with Crippen LogP contribution in [0.5, 0.6) is 0 Å². The van der Waals surface area contributed by atoms with Crippen molar-refractivity contribution in [3.05, 3.63) is 35.4 Å². The van der Waals surface area contributed by atoms with Gasteiger partial charge in [-0.25, -0.2) is 0 Å². The summed E-state index contributed by atoms with van der Waals surface area (Å²) in [6.07, 6.45) is 3.46. The Bertz CT molecular complexity index is 460. The third-order valence-corrected chi connectivity index (χ3v) is 4.61. The fourth-order valence-corrected chi connectivity index (χ4v) is 3.22. The van der Waals surface area contributed by atoms with Crippen molar-refractivity contribution in [2.45, 2.75) is 45.1 Å². The molecule has 1 amide bonds. The number of hydrogen-bond acceptors (Lipinski definition) is 2. The van der Waals surface area contributed by atoms with Crippen LogP contribution in [-0.2, 0) is 4.79 Å². The minimum Gasteiger partial charge on any atom is -0.342 e. The van der Waals surface area contributed by atoms with Gasteiger partial charge in [0, 0.05) is 31.5 Å². The lowest BCUT2D eigenvalue weighted by molar-refractivity contribution is -0.135. The van der Waals surface area contributed by atoms with E-state index in [0.717, 1.165) is 6.42 Å². The van der Waals surface area contributed by atoms with Crippen LogP contribution in [0.1, 0.15) is 43.2 Å². The summed E-state index contributed by atoms with van der Waals surface area (Å²) >= 11 is 0. The molecule has 0 radical (unpaired) electrons. The summed E-state index contributed by atoms with van der Waals surface area (Å²) in [5.41, 5.74) is 8.27. The van der Waals surface area contributed by atoms with Crippen LogP contribution in [0.15, 0.2) is 24.3 Å². The lowest BCUT2D eigenvalue weighted by Gasteiger charge is -2.32. The summed E-state index contributed by atoms with van der Waals surface area (Å²) < 4.78 is 0. The van der Waals surface area contributed by atoms with Crippen molar-refractivity contribution < 1.29 is 4.79 Å². The first-order valence-corrected chi connectivity index (χ1v) is 7.58. The van der Waals surface area contributed by atoms with E-state index in [2.05, 4.69) is 31.2 Å². The molecule has 1 fully saturated rings. The van der Waals surface area contributed by atoms with Gasteiger partial charge in [-0.3, -0.25) is 4.79 Å². The Morgan fingerprint density at radius 2 is 1.95 bits per heavy atom. The summed E-state index contributed by atoms with van der Waals surface area (Å²) in [5.74, 6) is 0.560. The second-order valence-electron chi connectivity index (χ2n) is 6.10. The maximum absolute atomic E-state index is 12.3. The van der Waals surface area contributed by atoms with Crippen molar-refractivity contribution in [3.63, 3.8) is 0 Å². The number of carbonyl (C=O) groups excluding carboxylic acids is 1. The molecule has 0 spiro atoms. The van der Waals surface area contributed by atoms with E-state index in [1.165, 1.54) is 24.0 Å². The van der Waals surface area contributed by atoms with E-state index in [1.807, 2.05) is 18.9 Å². The van der Waals surface area contributed by atoms with Crippen molar-refractivity contribution >= 4 is 18.3 Å². The van der Waals surface area contributed by atoms with Crippen LogP contribution in [0.25, 0.3) is 0 Å². The number of aryl methyl sites for hydroxylation is 1. The van der Waals surface area contributed by atoms with Crippen LogP contribution in [0.3, 0.4) is 0 Å². The first-order chi connectivity index (χ1) is 9.54. The number of carbonyl (C=O) groups is 1. The van der Waals surface area contributed by atoms with E-state index < -0.39 is 0 Å². The van der Waals surface area contributed by atoms with Crippen molar-refractivity contribution in [2.24, 2.45) is 11.7 Å². The van der Waals surface area contributed by atoms with Crippen LogP contribution in [0, 0.1) is 12.8 Å². The molecular formula is C17H27ClN2O. The monoisotopic (exact) mass is 310 g/mol. The van der Waals surface area contributed by atoms with Gasteiger partial charge in [0.05, 0.1) is 0 Å². The topological polar surface area (TPSA) is 46.3 Å². The highest BCUT2D eigenvalue weighted by Gasteiger charge is 2.34. The standard InChI is InChI=1S/C17H26N2O.ClH/c1-12-7-9-14(10-8-12)15-5-4-6-16(15)19(3)17(20)13(2)11-18;/h7-10,13,15-16H,4-6,11,18H2,1-3H3;1H. The first kappa shape index (κ1) is 18.0. The fraction of sp³-hybridized carbons (Fsp3) is 0.588. The molecule has 1 aliphatic rings. The summed E-state index contributed by atoms with van der Waals surface area (Å²) in [7, 11) is 1.94. The Labute approximate surface area is 134 Å². The SMILES string of the molecule is Cc1ccc(C2CCCC2N(C)C(=O)C(C)CN)cc1.Cl. The summed E-state index contributed by atoms with van der Waals surface area (Å²) in [6.45, 7) is 4.44. The number of hydrogen-bond donors (Lipinski definition) is 1. The third kappa shape index (κ3) is 3.98. The smallest absolute Gasteiger partial charge is 0.226 e. The minimum absolute atomic E-state index is 0. The molecule has 3 unspecified atom stereocenters. The highest BCUT2D eigenvalue weighted by molar-refractivity contribution is 5.85. The maximum Gasteiger partial charge on any atom is 0.226 e. The van der Waals surface area contributed by atoms with Crippen LogP contribution in [0.4, 0.5) is 0 Å². The van der Waals surface area contributed by atoms with Crippen molar-refractivity contribution in [2.75, 3.05) is 13.6 Å². The highest BCUT2D eigenvalue weighted by Crippen LogP contribution is 2.37. The zero-order valence-electron chi connectivity index (χ0n) is 13.2. The summed E-state index contributed by atoms with van der Waals surface area (Å²) in [6, 6.07) is 9.06. The van der Waals surface area contributed by atoms with Crippen LogP contribution < -0.4 is 5.73 Å². The third-order valence-electron chi connectivity index (χ3n) is 4.61. The normalized spacial score (nSPS) is 22.5. The van der Waals surface area contributed by atoms with Gasteiger partial charge in [0.15, 0.2) is 0 Å². The van der Waals surface area contributed by atoms with Gasteiger partial charge in [0.25, 0.3) is 0 Å². The predicted molar refractivity (Wildman–Crippen MR) is 89.8 cm³/mol. The van der Waals surface area contributed by atoms with E-state index in [-0.39, 0.29) is 24.2 Å². The largest absolute Gasteiger partial charge is 0.342 e. The van der Waals surface area contributed by atoms with E-state index >= 15 is 0 Å². The quantitative estimate of drug-likeness (QED) is 0.929. The molecule has 0 heterocycles. The summed E-state index contributed by atoms with van der Waals surface area (Å²) in [5, 5.41) is 0. The van der Waals surface area contributed by atoms with Gasteiger partial charge in [0.2, 0.25) is 5.91 Å². The second kappa shape index (κ2) is 7.81. The molecule has 1 saturated carbocycles. The zero-order chi connectivity index (χ0) is 14.7. The van der Waals surface area contributed by atoms with Crippen LogP contribution >= 0.6 is 12.4 Å². The molecule has 0 aromatic heterocycles. The molecule has 3 nitrogen and oxygen atoms in total. The van der Waals surface area contributed by atoms with Crippen LogP contribution in [0.2, 0.25) is 0 Å². The van der Waals surface area contributed by atoms with Crippen molar-refractivity contribution in [1.29, 1.82) is 0 Å². The Kier molecular flexibility index (Phi) is 6.69. The second-order valence-corrected chi connectivity index (χ2v) is 6.10. The molecule has 1 aliphatic carbocycles. The average Bonchev–Trinajstić information content (AvgIpc) is 2.95. The molecule has 21 heavy (non-hydrogen) atoms. The average molecular weight is 311 g/mol. The van der Waals surface area contributed by atoms with Crippen molar-refractivity contribution in [3.8, 4) is 0 Å². The van der Waals surface area contributed by atoms with Crippen LogP contribution in [-0.4, -0.2) is 30.4 Å². The molecule has 1 aromatic rings. The highest BCUT2D eigenvalue weighted by atomic mass is 35.5. The Morgan fingerprint density at radius 1 is 1.33 bits per heavy atom. The fourth-order valence-electron chi connectivity index (χ4n) is 3.22. The molecule has 0 aliphatic heterocycles. The minimum atomic E-state index is -0.0840. The molecule has 3 atom stereocenters. The van der Waals surface area contributed by atoms with E-state index in [4.69, 9.17) is 5.73 Å². The maximum atomic E-state index is 12.3. The van der Waals surface area contributed by atoms with Crippen molar-refractivity contribution in [1.82, 2.24) is 4.90 Å². The van der Waals surface area contributed by atoms with Gasteiger partial charge >= 0.3 is 0 Å². The molecule has 1 aromatic carbocycles. The predicted octanol–water partition coefficient (Wildman–Crippen LogP) is 3.11. The van der Waals surface area contributed by atoms with E-state index in [1.54, 1.807) is 0 Å². The van der Waals surface area contributed by atoms with E-state index in [0.29, 0.717) is 18.5 Å². The number of benzene rings is 1. The molecule has 4 heteroatoms. The van der Waals surface area contributed by atoms with Gasteiger partial charge in [-0.2, -0.15) is 0 Å². The van der Waals surface area contributed by atoms with Gasteiger partial charge < -0.3 is 10.6 Å². The van der Waals surface area contributed by atoms with Gasteiger partial charge in [-0.15, -0.1) is 12.4 Å². The number of halogens is 1. The number of rotatable bonds is 4. The van der Waals surface area contributed by atoms with E-state index in [9.17, 15) is 4.79 Å². The number of amides is 1. The van der Waals surface area contributed by atoms with Gasteiger partial charge in [-0.1, -0.05) is 43.2 Å². The lowest BCUT2D eigenvalue weighted by atomic mass is 9.92. The number of likely N-dealkylation sites (N-methyl/N-ethyl adjacent to an activating group) is 1. The molecule has 0 bridgehead atoms. The first-order valence-electron chi connectivity index (χ1n) is 7.58. The lowest BCUT2D eigenvalue weighted by Crippen LogP contribution is -2.43. The Balaban J connectivity index is 0.00000220. The number of nitrogens with two attached hydrogens (primary N) is 1. The number of nitrogens with zero attached hydrogens (tertiary/aromatic N) is 1.